The molecule has 2 N–H and O–H groups in total. The first kappa shape index (κ1) is 14.8. The van der Waals surface area contributed by atoms with Gasteiger partial charge in [0.05, 0.1) is 23.9 Å². The van der Waals surface area contributed by atoms with Crippen LogP contribution in [0.2, 0.25) is 0 Å². The van der Waals surface area contributed by atoms with Crippen molar-refractivity contribution in [3.8, 4) is 17.1 Å². The number of imidazole rings is 1. The number of ether oxygens (including phenoxy) is 1. The molecular formula is C17H15N5OS. The van der Waals surface area contributed by atoms with Gasteiger partial charge >= 0.3 is 0 Å². The van der Waals surface area contributed by atoms with Gasteiger partial charge in [-0.25, -0.2) is 9.97 Å². The summed E-state index contributed by atoms with van der Waals surface area (Å²) < 4.78 is 5.24. The number of rotatable bonds is 5. The highest BCUT2D eigenvalue weighted by molar-refractivity contribution is 7.98. The van der Waals surface area contributed by atoms with Crippen molar-refractivity contribution in [3.05, 3.63) is 54.4 Å². The number of hydrogen-bond donors (Lipinski definition) is 2. The minimum absolute atomic E-state index is 0.661. The summed E-state index contributed by atoms with van der Waals surface area (Å²) in [6.45, 7) is 0. The van der Waals surface area contributed by atoms with Crippen LogP contribution in [0.1, 0.15) is 5.82 Å². The molecule has 7 heteroatoms. The van der Waals surface area contributed by atoms with Crippen molar-refractivity contribution in [2.24, 2.45) is 0 Å². The number of fused-ring (bicyclic) bond motifs is 1. The van der Waals surface area contributed by atoms with Gasteiger partial charge in [0.15, 0.2) is 11.0 Å². The molecule has 6 nitrogen and oxygen atoms in total. The molecular weight excluding hydrogens is 322 g/mol. The summed E-state index contributed by atoms with van der Waals surface area (Å²) in [5, 5.41) is 8.13. The highest BCUT2D eigenvalue weighted by Gasteiger charge is 2.09. The molecule has 2 aromatic heterocycles. The van der Waals surface area contributed by atoms with Gasteiger partial charge in [-0.05, 0) is 24.3 Å². The molecule has 0 radical (unpaired) electrons. The SMILES string of the molecule is COc1cccc(-c2n[nH]c(CSc3nc4ccccc4[nH]3)n2)c1. The summed E-state index contributed by atoms with van der Waals surface area (Å²) in [7, 11) is 1.65. The Morgan fingerprint density at radius 1 is 1.08 bits per heavy atom. The van der Waals surface area contributed by atoms with E-state index >= 15 is 0 Å². The van der Waals surface area contributed by atoms with Crippen LogP contribution in [0.3, 0.4) is 0 Å². The number of aromatic nitrogens is 5. The van der Waals surface area contributed by atoms with Gasteiger partial charge in [0.25, 0.3) is 0 Å². The molecule has 4 aromatic rings. The molecule has 24 heavy (non-hydrogen) atoms. The number of H-pyrrole nitrogens is 2. The molecule has 0 saturated heterocycles. The Morgan fingerprint density at radius 2 is 2.00 bits per heavy atom. The number of methoxy groups -OCH3 is 1. The molecule has 0 saturated carbocycles. The third-order valence-corrected chi connectivity index (χ3v) is 4.46. The van der Waals surface area contributed by atoms with E-state index in [1.807, 2.05) is 48.5 Å². The van der Waals surface area contributed by atoms with Gasteiger partial charge < -0.3 is 9.72 Å². The molecule has 120 valence electrons. The minimum atomic E-state index is 0.661. The summed E-state index contributed by atoms with van der Waals surface area (Å²) in [6.07, 6.45) is 0. The van der Waals surface area contributed by atoms with Crippen LogP contribution in [0.4, 0.5) is 0 Å². The third kappa shape index (κ3) is 2.98. The van der Waals surface area contributed by atoms with Crippen molar-refractivity contribution in [3.63, 3.8) is 0 Å². The molecule has 0 unspecified atom stereocenters. The topological polar surface area (TPSA) is 79.5 Å². The van der Waals surface area contributed by atoms with E-state index in [0.717, 1.165) is 33.3 Å². The Morgan fingerprint density at radius 3 is 2.88 bits per heavy atom. The highest BCUT2D eigenvalue weighted by atomic mass is 32.2. The second-order valence-electron chi connectivity index (χ2n) is 5.19. The average Bonchev–Trinajstić information content (AvgIpc) is 3.26. The van der Waals surface area contributed by atoms with Crippen LogP contribution in [0.15, 0.2) is 53.7 Å². The zero-order chi connectivity index (χ0) is 16.4. The van der Waals surface area contributed by atoms with Crippen molar-refractivity contribution in [2.75, 3.05) is 7.11 Å². The number of hydrogen-bond acceptors (Lipinski definition) is 5. The number of nitrogens with one attached hydrogen (secondary N) is 2. The molecule has 0 bridgehead atoms. The summed E-state index contributed by atoms with van der Waals surface area (Å²) in [5.41, 5.74) is 2.93. The number of benzene rings is 2. The first-order valence-electron chi connectivity index (χ1n) is 7.45. The van der Waals surface area contributed by atoms with Crippen LogP contribution < -0.4 is 4.74 Å². The second kappa shape index (κ2) is 6.37. The molecule has 2 aromatic carbocycles. The maximum Gasteiger partial charge on any atom is 0.181 e. The minimum Gasteiger partial charge on any atom is -0.497 e. The Balaban J connectivity index is 1.48. The maximum atomic E-state index is 5.24. The van der Waals surface area contributed by atoms with Gasteiger partial charge in [0.2, 0.25) is 0 Å². The Bertz CT molecular complexity index is 945. The third-order valence-electron chi connectivity index (χ3n) is 3.57. The van der Waals surface area contributed by atoms with E-state index in [9.17, 15) is 0 Å². The van der Waals surface area contributed by atoms with Crippen LogP contribution in [-0.4, -0.2) is 32.3 Å². The lowest BCUT2D eigenvalue weighted by Crippen LogP contribution is -1.86. The van der Waals surface area contributed by atoms with Crippen molar-refractivity contribution in [1.29, 1.82) is 0 Å². The second-order valence-corrected chi connectivity index (χ2v) is 6.15. The van der Waals surface area contributed by atoms with Gasteiger partial charge in [0.1, 0.15) is 11.6 Å². The fourth-order valence-electron chi connectivity index (χ4n) is 2.39. The molecule has 0 aliphatic rings. The predicted molar refractivity (Wildman–Crippen MR) is 94.0 cm³/mol. The maximum absolute atomic E-state index is 5.24. The van der Waals surface area contributed by atoms with Gasteiger partial charge in [-0.2, -0.15) is 5.10 Å². The van der Waals surface area contributed by atoms with Crippen molar-refractivity contribution in [1.82, 2.24) is 25.1 Å². The summed E-state index contributed by atoms with van der Waals surface area (Å²) >= 11 is 1.59. The molecule has 0 fully saturated rings. The van der Waals surface area contributed by atoms with E-state index < -0.39 is 0 Å². The van der Waals surface area contributed by atoms with Gasteiger partial charge in [-0.3, -0.25) is 5.10 Å². The van der Waals surface area contributed by atoms with Gasteiger partial charge in [-0.1, -0.05) is 36.0 Å². The molecule has 4 rings (SSSR count). The van der Waals surface area contributed by atoms with Crippen LogP contribution in [0, 0.1) is 0 Å². The normalized spacial score (nSPS) is 11.0. The van der Waals surface area contributed by atoms with Crippen LogP contribution in [0.25, 0.3) is 22.4 Å². The molecule has 0 amide bonds. The van der Waals surface area contributed by atoms with E-state index in [-0.39, 0.29) is 0 Å². The smallest absolute Gasteiger partial charge is 0.181 e. The number of thioether (sulfide) groups is 1. The number of nitrogens with zero attached hydrogens (tertiary/aromatic N) is 3. The van der Waals surface area contributed by atoms with Crippen LogP contribution >= 0.6 is 11.8 Å². The predicted octanol–water partition coefficient (Wildman–Crippen LogP) is 3.65. The molecule has 0 aliphatic heterocycles. The lowest BCUT2D eigenvalue weighted by Gasteiger charge is -2.00. The van der Waals surface area contributed by atoms with Crippen molar-refractivity contribution >= 4 is 22.8 Å². The van der Waals surface area contributed by atoms with E-state index in [1.54, 1.807) is 18.9 Å². The quantitative estimate of drug-likeness (QED) is 0.543. The largest absolute Gasteiger partial charge is 0.497 e. The molecule has 0 spiro atoms. The van der Waals surface area contributed by atoms with Gasteiger partial charge in [0, 0.05) is 5.56 Å². The standard InChI is InChI=1S/C17H15N5OS/c1-23-12-6-4-5-11(9-12)16-20-15(21-22-16)10-24-17-18-13-7-2-3-8-14(13)19-17/h2-9H,10H2,1H3,(H,18,19)(H,20,21,22). The Kier molecular flexibility index (Phi) is 3.92. The first-order chi connectivity index (χ1) is 11.8. The lowest BCUT2D eigenvalue weighted by molar-refractivity contribution is 0.415. The molecule has 0 aliphatic carbocycles. The lowest BCUT2D eigenvalue weighted by atomic mass is 10.2. The highest BCUT2D eigenvalue weighted by Crippen LogP contribution is 2.24. The number of aromatic amines is 2. The fraction of sp³-hybridized carbons (Fsp3) is 0.118. The molecule has 0 atom stereocenters. The fourth-order valence-corrected chi connectivity index (χ4v) is 3.13. The zero-order valence-electron chi connectivity index (χ0n) is 13.0. The number of para-hydroxylation sites is 2. The van der Waals surface area contributed by atoms with Gasteiger partial charge in [-0.15, -0.1) is 0 Å². The van der Waals surface area contributed by atoms with E-state index in [0.29, 0.717) is 11.6 Å². The average molecular weight is 337 g/mol. The summed E-state index contributed by atoms with van der Waals surface area (Å²) in [4.78, 5) is 12.4. The van der Waals surface area contributed by atoms with E-state index in [1.165, 1.54) is 0 Å². The summed E-state index contributed by atoms with van der Waals surface area (Å²) in [6, 6.07) is 15.7. The van der Waals surface area contributed by atoms with Crippen LogP contribution in [0.5, 0.6) is 5.75 Å². The van der Waals surface area contributed by atoms with E-state index in [2.05, 4.69) is 25.1 Å². The zero-order valence-corrected chi connectivity index (χ0v) is 13.8. The Labute approximate surface area is 142 Å². The first-order valence-corrected chi connectivity index (χ1v) is 8.43. The molecule has 2 heterocycles. The summed E-state index contributed by atoms with van der Waals surface area (Å²) in [5.74, 6) is 2.92. The van der Waals surface area contributed by atoms with Crippen molar-refractivity contribution in [2.45, 2.75) is 10.9 Å². The van der Waals surface area contributed by atoms with E-state index in [4.69, 9.17) is 4.74 Å². The van der Waals surface area contributed by atoms with Crippen molar-refractivity contribution < 1.29 is 4.74 Å². The monoisotopic (exact) mass is 337 g/mol. The Hall–Kier alpha value is -2.80. The van der Waals surface area contributed by atoms with Crippen LogP contribution in [-0.2, 0) is 5.75 Å².